The van der Waals surface area contributed by atoms with Gasteiger partial charge in [-0.15, -0.1) is 11.3 Å². The number of rotatable bonds is 3. The molecule has 0 aliphatic carbocycles. The van der Waals surface area contributed by atoms with Crippen LogP contribution < -0.4 is 4.74 Å². The lowest BCUT2D eigenvalue weighted by Gasteiger charge is -2.24. The van der Waals surface area contributed by atoms with Crippen LogP contribution >= 0.6 is 27.3 Å². The van der Waals surface area contributed by atoms with Crippen LogP contribution in [0.2, 0.25) is 0 Å². The van der Waals surface area contributed by atoms with E-state index in [0.717, 1.165) is 36.3 Å². The molecule has 0 radical (unpaired) electrons. The number of benzene rings is 1. The smallest absolute Gasteiger partial charge is 0.137 e. The molecule has 1 atom stereocenters. The third kappa shape index (κ3) is 2.92. The van der Waals surface area contributed by atoms with Crippen molar-refractivity contribution in [3.63, 3.8) is 0 Å². The van der Waals surface area contributed by atoms with Gasteiger partial charge in [0.2, 0.25) is 0 Å². The van der Waals surface area contributed by atoms with Crippen molar-refractivity contribution in [3.05, 3.63) is 50.6 Å². The Morgan fingerprint density at radius 3 is 3.00 bits per heavy atom. The third-order valence-electron chi connectivity index (χ3n) is 3.76. The summed E-state index contributed by atoms with van der Waals surface area (Å²) in [5.74, 6) is 0.924. The Morgan fingerprint density at radius 1 is 1.35 bits per heavy atom. The molecule has 4 heteroatoms. The number of para-hydroxylation sites is 1. The van der Waals surface area contributed by atoms with Crippen LogP contribution in [0.4, 0.5) is 0 Å². The molecule has 2 aromatic rings. The Kier molecular flexibility index (Phi) is 4.44. The standard InChI is InChI=1S/C16H18BrNOS/c1-2-18-9-7-16-12(8-10-20-16)15(11-18)19-14-6-4-3-5-13(14)17/h3-6,8,10,15H,2,7,9,11H2,1H3. The monoisotopic (exact) mass is 351 g/mol. The molecule has 1 aromatic carbocycles. The number of likely N-dealkylation sites (N-methyl/N-ethyl adjacent to an activating group) is 1. The Labute approximate surface area is 132 Å². The predicted octanol–water partition coefficient (Wildman–Crippen LogP) is 4.51. The molecule has 2 heterocycles. The molecule has 20 heavy (non-hydrogen) atoms. The minimum absolute atomic E-state index is 0.123. The van der Waals surface area contributed by atoms with Crippen LogP contribution in [0.25, 0.3) is 0 Å². The van der Waals surface area contributed by atoms with Gasteiger partial charge in [0.25, 0.3) is 0 Å². The highest BCUT2D eigenvalue weighted by Crippen LogP contribution is 2.34. The minimum atomic E-state index is 0.123. The number of thiophene rings is 1. The summed E-state index contributed by atoms with van der Waals surface area (Å²) in [7, 11) is 0. The van der Waals surface area contributed by atoms with Crippen LogP contribution in [0, 0.1) is 0 Å². The largest absolute Gasteiger partial charge is 0.483 e. The lowest BCUT2D eigenvalue weighted by atomic mass is 10.1. The van der Waals surface area contributed by atoms with E-state index in [4.69, 9.17) is 4.74 Å². The highest BCUT2D eigenvalue weighted by Gasteiger charge is 2.25. The fourth-order valence-electron chi connectivity index (χ4n) is 2.61. The van der Waals surface area contributed by atoms with Crippen LogP contribution in [0.5, 0.6) is 5.75 Å². The van der Waals surface area contributed by atoms with E-state index in [0.29, 0.717) is 0 Å². The molecule has 0 amide bonds. The first-order valence-corrected chi connectivity index (χ1v) is 8.65. The molecule has 1 unspecified atom stereocenters. The zero-order valence-corrected chi connectivity index (χ0v) is 13.9. The normalized spacial score (nSPS) is 19.4. The summed E-state index contributed by atoms with van der Waals surface area (Å²) in [6.07, 6.45) is 1.26. The van der Waals surface area contributed by atoms with E-state index in [1.54, 1.807) is 0 Å². The van der Waals surface area contributed by atoms with Crippen LogP contribution in [0.1, 0.15) is 23.5 Å². The summed E-state index contributed by atoms with van der Waals surface area (Å²) in [6.45, 7) is 5.38. The average Bonchev–Trinajstić information content (AvgIpc) is 2.86. The van der Waals surface area contributed by atoms with E-state index in [1.165, 1.54) is 10.4 Å². The van der Waals surface area contributed by atoms with Gasteiger partial charge in [0.15, 0.2) is 0 Å². The van der Waals surface area contributed by atoms with Crippen molar-refractivity contribution in [3.8, 4) is 5.75 Å². The summed E-state index contributed by atoms with van der Waals surface area (Å²) >= 11 is 5.42. The Hall–Kier alpha value is -0.840. The number of ether oxygens (including phenoxy) is 1. The van der Waals surface area contributed by atoms with Crippen LogP contribution in [0.3, 0.4) is 0 Å². The molecule has 2 nitrogen and oxygen atoms in total. The van der Waals surface area contributed by atoms with Crippen LogP contribution in [-0.2, 0) is 6.42 Å². The van der Waals surface area contributed by atoms with Crippen LogP contribution in [0.15, 0.2) is 40.2 Å². The highest BCUT2D eigenvalue weighted by atomic mass is 79.9. The first-order valence-electron chi connectivity index (χ1n) is 6.97. The van der Waals surface area contributed by atoms with Gasteiger partial charge < -0.3 is 4.74 Å². The highest BCUT2D eigenvalue weighted by molar-refractivity contribution is 9.10. The zero-order chi connectivity index (χ0) is 13.9. The molecular weight excluding hydrogens is 334 g/mol. The topological polar surface area (TPSA) is 12.5 Å². The summed E-state index contributed by atoms with van der Waals surface area (Å²) < 4.78 is 7.32. The van der Waals surface area contributed by atoms with E-state index in [-0.39, 0.29) is 6.10 Å². The quantitative estimate of drug-likeness (QED) is 0.806. The lowest BCUT2D eigenvalue weighted by Crippen LogP contribution is -2.30. The number of nitrogens with zero attached hydrogens (tertiary/aromatic N) is 1. The molecule has 0 saturated heterocycles. The lowest BCUT2D eigenvalue weighted by molar-refractivity contribution is 0.143. The second-order valence-corrected chi connectivity index (χ2v) is 6.83. The Balaban J connectivity index is 1.88. The first-order chi connectivity index (χ1) is 9.78. The van der Waals surface area contributed by atoms with Gasteiger partial charge in [0.1, 0.15) is 11.9 Å². The van der Waals surface area contributed by atoms with Gasteiger partial charge in [0.05, 0.1) is 4.47 Å². The first kappa shape index (κ1) is 14.1. The molecule has 0 saturated carbocycles. The Morgan fingerprint density at radius 2 is 2.20 bits per heavy atom. The van der Waals surface area contributed by atoms with E-state index in [9.17, 15) is 0 Å². The Bertz CT molecular complexity index is 583. The second kappa shape index (κ2) is 6.29. The maximum atomic E-state index is 6.30. The fourth-order valence-corrected chi connectivity index (χ4v) is 3.91. The van der Waals surface area contributed by atoms with Crippen molar-refractivity contribution >= 4 is 27.3 Å². The van der Waals surface area contributed by atoms with Crippen molar-refractivity contribution in [1.82, 2.24) is 4.90 Å². The summed E-state index contributed by atoms with van der Waals surface area (Å²) in [4.78, 5) is 3.94. The number of fused-ring (bicyclic) bond motifs is 1. The summed E-state index contributed by atoms with van der Waals surface area (Å²) in [5, 5.41) is 2.18. The maximum Gasteiger partial charge on any atom is 0.137 e. The van der Waals surface area contributed by atoms with Gasteiger partial charge >= 0.3 is 0 Å². The fraction of sp³-hybridized carbons (Fsp3) is 0.375. The van der Waals surface area contributed by atoms with Crippen LogP contribution in [-0.4, -0.2) is 24.5 Å². The van der Waals surface area contributed by atoms with Gasteiger partial charge in [-0.2, -0.15) is 0 Å². The molecule has 0 N–H and O–H groups in total. The SMILES string of the molecule is CCN1CCc2sccc2C(Oc2ccccc2Br)C1. The summed E-state index contributed by atoms with van der Waals surface area (Å²) in [5.41, 5.74) is 1.36. The minimum Gasteiger partial charge on any atom is -0.483 e. The molecule has 1 aliphatic heterocycles. The van der Waals surface area contributed by atoms with E-state index >= 15 is 0 Å². The second-order valence-electron chi connectivity index (χ2n) is 4.98. The third-order valence-corrected chi connectivity index (χ3v) is 5.41. The van der Waals surface area contributed by atoms with Gasteiger partial charge in [0, 0.05) is 23.5 Å². The van der Waals surface area contributed by atoms with Crippen molar-refractivity contribution in [2.24, 2.45) is 0 Å². The van der Waals surface area contributed by atoms with Gasteiger partial charge in [-0.1, -0.05) is 19.1 Å². The molecule has 1 aromatic heterocycles. The maximum absolute atomic E-state index is 6.30. The van der Waals surface area contributed by atoms with Gasteiger partial charge in [-0.05, 0) is 52.5 Å². The molecule has 0 fully saturated rings. The van der Waals surface area contributed by atoms with Crippen molar-refractivity contribution in [2.45, 2.75) is 19.4 Å². The van der Waals surface area contributed by atoms with Crippen molar-refractivity contribution < 1.29 is 4.74 Å². The van der Waals surface area contributed by atoms with Gasteiger partial charge in [-0.3, -0.25) is 4.90 Å². The molecule has 106 valence electrons. The number of hydrogen-bond acceptors (Lipinski definition) is 3. The predicted molar refractivity (Wildman–Crippen MR) is 87.6 cm³/mol. The van der Waals surface area contributed by atoms with E-state index < -0.39 is 0 Å². The van der Waals surface area contributed by atoms with Crippen molar-refractivity contribution in [2.75, 3.05) is 19.6 Å². The number of hydrogen-bond donors (Lipinski definition) is 0. The van der Waals surface area contributed by atoms with E-state index in [2.05, 4.69) is 39.2 Å². The zero-order valence-electron chi connectivity index (χ0n) is 11.5. The molecule has 1 aliphatic rings. The summed E-state index contributed by atoms with van der Waals surface area (Å²) in [6, 6.07) is 10.3. The van der Waals surface area contributed by atoms with Crippen molar-refractivity contribution in [1.29, 1.82) is 0 Å². The molecular formula is C16H18BrNOS. The number of halogens is 1. The van der Waals surface area contributed by atoms with E-state index in [1.807, 2.05) is 35.6 Å². The average molecular weight is 352 g/mol. The molecule has 0 bridgehead atoms. The molecule has 3 rings (SSSR count). The van der Waals surface area contributed by atoms with Gasteiger partial charge in [-0.25, -0.2) is 0 Å². The molecule has 0 spiro atoms.